The number of hydrogen-bond acceptors (Lipinski definition) is 10. The zero-order chi connectivity index (χ0) is 35.4. The van der Waals surface area contributed by atoms with Gasteiger partial charge in [0, 0.05) is 61.2 Å². The zero-order valence-electron chi connectivity index (χ0n) is 29.4. The molecule has 2 saturated heterocycles. The molecule has 4 aromatic rings. The van der Waals surface area contributed by atoms with Gasteiger partial charge in [-0.1, -0.05) is 26.0 Å². The van der Waals surface area contributed by atoms with Crippen LogP contribution in [0, 0.1) is 16.7 Å². The third-order valence-corrected chi connectivity index (χ3v) is 10.4. The van der Waals surface area contributed by atoms with E-state index in [9.17, 15) is 10.1 Å². The largest absolute Gasteiger partial charge is 0.491 e. The van der Waals surface area contributed by atoms with Crippen molar-refractivity contribution in [3.8, 4) is 17.5 Å². The second kappa shape index (κ2) is 14.5. The van der Waals surface area contributed by atoms with Crippen molar-refractivity contribution >= 4 is 11.4 Å². The fourth-order valence-corrected chi connectivity index (χ4v) is 6.99. The second-order valence-corrected chi connectivity index (χ2v) is 13.7. The van der Waals surface area contributed by atoms with E-state index in [4.69, 9.17) is 14.2 Å². The first-order chi connectivity index (χ1) is 24.8. The van der Waals surface area contributed by atoms with Gasteiger partial charge in [0.15, 0.2) is 5.79 Å². The van der Waals surface area contributed by atoms with Gasteiger partial charge in [-0.05, 0) is 86.0 Å². The lowest BCUT2D eigenvalue weighted by molar-refractivity contribution is -0.227. The van der Waals surface area contributed by atoms with Crippen LogP contribution in [0.15, 0.2) is 102 Å². The molecule has 2 fully saturated rings. The van der Waals surface area contributed by atoms with Gasteiger partial charge in [-0.25, -0.2) is 14.0 Å². The summed E-state index contributed by atoms with van der Waals surface area (Å²) in [6.07, 6.45) is 12.5. The molecule has 1 aliphatic carbocycles. The lowest BCUT2D eigenvalue weighted by atomic mass is 9.72. The average molecular weight is 689 g/mol. The molecular weight excluding hydrogens is 644 g/mol. The fourth-order valence-electron chi connectivity index (χ4n) is 6.99. The Balaban J connectivity index is 0.927. The smallest absolute Gasteiger partial charge is 0.350 e. The molecule has 2 aromatic heterocycles. The third-order valence-electron chi connectivity index (χ3n) is 10.4. The van der Waals surface area contributed by atoms with Gasteiger partial charge < -0.3 is 24.0 Å². The first-order valence-corrected chi connectivity index (χ1v) is 17.7. The van der Waals surface area contributed by atoms with Crippen molar-refractivity contribution in [1.29, 1.82) is 5.26 Å². The van der Waals surface area contributed by atoms with Gasteiger partial charge in [0.25, 0.3) is 0 Å². The maximum absolute atomic E-state index is 12.8. The SMILES string of the molecule is CCC(C)n1ncn(-c2ccc(N3CCN(c4ccc(OC[C@@H]5CO[C@@](Cc6ccnnc6)(C6(C)C=CC(C#N)=CC6)O5)cc4)CC3)cc2)c1=O. The minimum atomic E-state index is -0.942. The highest BCUT2D eigenvalue weighted by Crippen LogP contribution is 2.48. The van der Waals surface area contributed by atoms with E-state index in [-0.39, 0.29) is 17.8 Å². The number of nitrogens with zero attached hydrogens (tertiary/aromatic N) is 8. The maximum Gasteiger partial charge on any atom is 0.350 e. The number of ether oxygens (including phenoxy) is 3. The lowest BCUT2D eigenvalue weighted by Crippen LogP contribution is -2.49. The minimum Gasteiger partial charge on any atom is -0.491 e. The Morgan fingerprint density at radius 1 is 1.00 bits per heavy atom. The molecule has 3 aliphatic rings. The number of piperazine rings is 1. The first-order valence-electron chi connectivity index (χ1n) is 17.7. The summed E-state index contributed by atoms with van der Waals surface area (Å²) >= 11 is 0. The van der Waals surface area contributed by atoms with Gasteiger partial charge in [0.1, 0.15) is 24.8 Å². The van der Waals surface area contributed by atoms with Crippen molar-refractivity contribution in [2.45, 2.75) is 58.0 Å². The highest BCUT2D eigenvalue weighted by atomic mass is 16.8. The molecular formula is C39H44N8O4. The molecule has 4 atom stereocenters. The van der Waals surface area contributed by atoms with Crippen LogP contribution in [0.3, 0.4) is 0 Å². The number of benzene rings is 2. The summed E-state index contributed by atoms with van der Waals surface area (Å²) in [5.74, 6) is -0.167. The molecule has 7 rings (SSSR count). The van der Waals surface area contributed by atoms with Crippen LogP contribution in [0.2, 0.25) is 0 Å². The van der Waals surface area contributed by atoms with Crippen LogP contribution in [0.25, 0.3) is 5.69 Å². The number of hydrogen-bond donors (Lipinski definition) is 0. The van der Waals surface area contributed by atoms with E-state index >= 15 is 0 Å². The van der Waals surface area contributed by atoms with Crippen LogP contribution in [-0.2, 0) is 15.9 Å². The Kier molecular flexibility index (Phi) is 9.75. The summed E-state index contributed by atoms with van der Waals surface area (Å²) in [7, 11) is 0. The summed E-state index contributed by atoms with van der Waals surface area (Å²) in [6.45, 7) is 10.5. The number of rotatable bonds is 11. The summed E-state index contributed by atoms with van der Waals surface area (Å²) in [4.78, 5) is 17.6. The Morgan fingerprint density at radius 3 is 2.29 bits per heavy atom. The Bertz CT molecular complexity index is 1960. The molecule has 0 N–H and O–H groups in total. The molecule has 2 aromatic carbocycles. The molecule has 4 heterocycles. The summed E-state index contributed by atoms with van der Waals surface area (Å²) < 4.78 is 22.6. The Labute approximate surface area is 298 Å². The van der Waals surface area contributed by atoms with Crippen molar-refractivity contribution in [3.05, 3.63) is 113 Å². The van der Waals surface area contributed by atoms with E-state index in [1.165, 1.54) is 0 Å². The van der Waals surface area contributed by atoms with Crippen molar-refractivity contribution in [3.63, 3.8) is 0 Å². The Hall–Kier alpha value is -5.25. The summed E-state index contributed by atoms with van der Waals surface area (Å²) in [5.41, 5.74) is 4.11. The van der Waals surface area contributed by atoms with Crippen LogP contribution in [0.1, 0.15) is 45.2 Å². The molecule has 2 unspecified atom stereocenters. The quantitative estimate of drug-likeness (QED) is 0.206. The topological polar surface area (TPSA) is 124 Å². The van der Waals surface area contributed by atoms with Crippen LogP contribution < -0.4 is 20.2 Å². The predicted molar refractivity (Wildman–Crippen MR) is 194 cm³/mol. The normalized spacial score (nSPS) is 23.9. The third kappa shape index (κ3) is 7.04. The van der Waals surface area contributed by atoms with Gasteiger partial charge in [0.05, 0.1) is 30.6 Å². The van der Waals surface area contributed by atoms with Gasteiger partial charge >= 0.3 is 5.69 Å². The fraction of sp³-hybridized carbons (Fsp3) is 0.410. The van der Waals surface area contributed by atoms with Crippen LogP contribution in [0.4, 0.5) is 11.4 Å². The van der Waals surface area contributed by atoms with Crippen molar-refractivity contribution in [1.82, 2.24) is 24.5 Å². The molecule has 264 valence electrons. The highest BCUT2D eigenvalue weighted by Gasteiger charge is 2.54. The van der Waals surface area contributed by atoms with Gasteiger partial charge in [-0.2, -0.15) is 20.6 Å². The first kappa shape index (κ1) is 34.2. The van der Waals surface area contributed by atoms with E-state index in [0.717, 1.165) is 61.0 Å². The molecule has 12 heteroatoms. The van der Waals surface area contributed by atoms with Crippen LogP contribution in [0.5, 0.6) is 5.75 Å². The lowest BCUT2D eigenvalue weighted by Gasteiger charge is -2.43. The molecule has 2 aliphatic heterocycles. The van der Waals surface area contributed by atoms with E-state index in [2.05, 4.69) is 69.3 Å². The molecule has 0 amide bonds. The number of aromatic nitrogens is 5. The summed E-state index contributed by atoms with van der Waals surface area (Å²) in [5, 5.41) is 21.6. The summed E-state index contributed by atoms with van der Waals surface area (Å²) in [6, 6.07) is 20.6. The second-order valence-electron chi connectivity index (χ2n) is 13.7. The highest BCUT2D eigenvalue weighted by molar-refractivity contribution is 5.54. The van der Waals surface area contributed by atoms with E-state index in [0.29, 0.717) is 31.6 Å². The van der Waals surface area contributed by atoms with Crippen molar-refractivity contribution < 1.29 is 14.2 Å². The number of allylic oxidation sites excluding steroid dienone is 3. The number of nitriles is 1. The van der Waals surface area contributed by atoms with E-state index in [1.54, 1.807) is 28.0 Å². The molecule has 12 nitrogen and oxygen atoms in total. The van der Waals surface area contributed by atoms with Crippen molar-refractivity contribution in [2.75, 3.05) is 49.2 Å². The van der Waals surface area contributed by atoms with Crippen LogP contribution in [-0.4, -0.2) is 75.8 Å². The van der Waals surface area contributed by atoms with E-state index < -0.39 is 11.2 Å². The molecule has 0 saturated carbocycles. The maximum atomic E-state index is 12.8. The predicted octanol–water partition coefficient (Wildman–Crippen LogP) is 5.27. The van der Waals surface area contributed by atoms with Gasteiger partial charge in [0.2, 0.25) is 0 Å². The monoisotopic (exact) mass is 688 g/mol. The van der Waals surface area contributed by atoms with E-state index in [1.807, 2.05) is 55.5 Å². The molecule has 0 radical (unpaired) electrons. The molecule has 0 bridgehead atoms. The average Bonchev–Trinajstić information content (AvgIpc) is 3.79. The van der Waals surface area contributed by atoms with Gasteiger partial charge in [-0.3, -0.25) is 0 Å². The molecule has 51 heavy (non-hydrogen) atoms. The van der Waals surface area contributed by atoms with Crippen LogP contribution >= 0.6 is 0 Å². The Morgan fingerprint density at radius 2 is 1.69 bits per heavy atom. The number of anilines is 2. The standard InChI is InChI=1S/C39H44N8O4/c1-4-29(2)47-37(48)46(28-43-47)34-7-5-32(6-8-34)44-19-21-45(22-20-44)33-9-11-35(12-10-33)49-26-36-27-50-39(51-36,23-31-15-18-41-42-25-31)38(3)16-13-30(24-40)14-17-38/h5-16,18,25,28-29,36H,4,17,19-23,26-27H2,1-3H3/t29?,36-,38?,39-/m1/s1. The van der Waals surface area contributed by atoms with Gasteiger partial charge in [-0.15, -0.1) is 0 Å². The zero-order valence-corrected chi connectivity index (χ0v) is 29.4. The molecule has 0 spiro atoms. The van der Waals surface area contributed by atoms with Crippen molar-refractivity contribution in [2.24, 2.45) is 5.41 Å². The minimum absolute atomic E-state index is 0.0651.